The fraction of sp³-hybridized carbons (Fsp3) is 0.545. The van der Waals surface area contributed by atoms with Gasteiger partial charge in [-0.25, -0.2) is 8.78 Å². The van der Waals surface area contributed by atoms with Gasteiger partial charge < -0.3 is 10.4 Å². The Morgan fingerprint density at radius 3 is 2.94 bits per heavy atom. The summed E-state index contributed by atoms with van der Waals surface area (Å²) < 4.78 is 25.5. The van der Waals surface area contributed by atoms with Crippen LogP contribution in [0.25, 0.3) is 0 Å². The summed E-state index contributed by atoms with van der Waals surface area (Å²) in [7, 11) is 0. The molecule has 94 valence electrons. The number of aryl methyl sites for hydroxylation is 2. The molecule has 3 nitrogen and oxygen atoms in total. The summed E-state index contributed by atoms with van der Waals surface area (Å²) in [6, 6.07) is 1.78. The molecule has 1 heterocycles. The van der Waals surface area contributed by atoms with Gasteiger partial charge in [-0.05, 0) is 30.9 Å². The van der Waals surface area contributed by atoms with Crippen LogP contribution in [-0.2, 0) is 12.8 Å². The third-order valence-corrected chi connectivity index (χ3v) is 3.95. The Balaban J connectivity index is 1.96. The molecule has 1 aromatic rings. The molecule has 2 rings (SSSR count). The van der Waals surface area contributed by atoms with Crippen LogP contribution in [-0.4, -0.2) is 30.1 Å². The van der Waals surface area contributed by atoms with E-state index in [2.05, 4.69) is 5.32 Å². The van der Waals surface area contributed by atoms with Gasteiger partial charge in [-0.3, -0.25) is 4.79 Å². The Morgan fingerprint density at radius 1 is 1.53 bits per heavy atom. The Labute approximate surface area is 101 Å². The molecular weight excluding hydrogens is 248 g/mol. The van der Waals surface area contributed by atoms with Gasteiger partial charge in [0.05, 0.1) is 11.4 Å². The summed E-state index contributed by atoms with van der Waals surface area (Å²) >= 11 is 1.37. The lowest BCUT2D eigenvalue weighted by Crippen LogP contribution is -2.38. The lowest BCUT2D eigenvalue weighted by atomic mass is 10.2. The second-order valence-corrected chi connectivity index (χ2v) is 5.25. The van der Waals surface area contributed by atoms with Crippen LogP contribution in [0.15, 0.2) is 6.07 Å². The molecule has 1 amide bonds. The number of alkyl halides is 2. The van der Waals surface area contributed by atoms with E-state index in [9.17, 15) is 13.6 Å². The number of halogens is 2. The number of hydrogen-bond acceptors (Lipinski definition) is 3. The SMILES string of the molecule is O=C(NCC(F)(F)CO)c1cc2c(s1)CCC2. The largest absolute Gasteiger partial charge is 0.390 e. The lowest BCUT2D eigenvalue weighted by molar-refractivity contribution is -0.0461. The molecule has 0 bridgehead atoms. The zero-order chi connectivity index (χ0) is 12.5. The molecule has 0 radical (unpaired) electrons. The summed E-state index contributed by atoms with van der Waals surface area (Å²) in [5.74, 6) is -3.74. The van der Waals surface area contributed by atoms with Crippen molar-refractivity contribution in [2.24, 2.45) is 0 Å². The van der Waals surface area contributed by atoms with Gasteiger partial charge in [0, 0.05) is 4.88 Å². The fourth-order valence-electron chi connectivity index (χ4n) is 1.79. The van der Waals surface area contributed by atoms with Gasteiger partial charge >= 0.3 is 0 Å². The van der Waals surface area contributed by atoms with E-state index < -0.39 is 25.0 Å². The molecule has 0 aliphatic heterocycles. The number of thiophene rings is 1. The molecule has 0 saturated carbocycles. The first-order chi connectivity index (χ1) is 8.02. The van der Waals surface area contributed by atoms with Crippen molar-refractivity contribution in [3.63, 3.8) is 0 Å². The molecule has 1 aliphatic carbocycles. The summed E-state index contributed by atoms with van der Waals surface area (Å²) in [6.07, 6.45) is 3.04. The van der Waals surface area contributed by atoms with Crippen LogP contribution in [0.2, 0.25) is 0 Å². The van der Waals surface area contributed by atoms with Crippen molar-refractivity contribution < 1.29 is 18.7 Å². The molecule has 2 N–H and O–H groups in total. The molecule has 0 aromatic carbocycles. The summed E-state index contributed by atoms with van der Waals surface area (Å²) in [6.45, 7) is -2.08. The first-order valence-corrected chi connectivity index (χ1v) is 6.22. The number of nitrogens with one attached hydrogen (secondary N) is 1. The van der Waals surface area contributed by atoms with Crippen molar-refractivity contribution in [1.29, 1.82) is 0 Å². The molecule has 17 heavy (non-hydrogen) atoms. The Bertz CT molecular complexity index is 410. The maximum atomic E-state index is 12.7. The minimum absolute atomic E-state index is 0.475. The summed E-state index contributed by atoms with van der Waals surface area (Å²) in [4.78, 5) is 13.3. The van der Waals surface area contributed by atoms with Crippen molar-refractivity contribution in [1.82, 2.24) is 5.32 Å². The monoisotopic (exact) mass is 261 g/mol. The minimum atomic E-state index is -3.25. The van der Waals surface area contributed by atoms with Crippen molar-refractivity contribution in [3.05, 3.63) is 21.4 Å². The molecule has 0 unspecified atom stereocenters. The lowest BCUT2D eigenvalue weighted by Gasteiger charge is -2.13. The topological polar surface area (TPSA) is 49.3 Å². The molecule has 0 spiro atoms. The summed E-state index contributed by atoms with van der Waals surface area (Å²) in [5.41, 5.74) is 1.16. The predicted octanol–water partition coefficient (Wildman–Crippen LogP) is 1.59. The van der Waals surface area contributed by atoms with Gasteiger partial charge in [0.1, 0.15) is 6.61 Å². The number of carbonyl (C=O) groups is 1. The third-order valence-electron chi connectivity index (χ3n) is 2.71. The van der Waals surface area contributed by atoms with Gasteiger partial charge in [-0.15, -0.1) is 11.3 Å². The highest BCUT2D eigenvalue weighted by atomic mass is 32.1. The molecule has 0 saturated heterocycles. The van der Waals surface area contributed by atoms with Gasteiger partial charge in [0.15, 0.2) is 0 Å². The highest BCUT2D eigenvalue weighted by molar-refractivity contribution is 7.14. The summed E-state index contributed by atoms with van der Waals surface area (Å²) in [5, 5.41) is 10.5. The highest BCUT2D eigenvalue weighted by Crippen LogP contribution is 2.30. The second-order valence-electron chi connectivity index (χ2n) is 4.11. The average Bonchev–Trinajstić information content (AvgIpc) is 2.86. The standard InChI is InChI=1S/C11H13F2NO2S/c12-11(13,6-15)5-14-10(16)9-4-7-2-1-3-8(7)17-9/h4,15H,1-3,5-6H2,(H,14,16). The van der Waals surface area contributed by atoms with Crippen LogP contribution < -0.4 is 5.32 Å². The number of amides is 1. The van der Waals surface area contributed by atoms with Crippen LogP contribution >= 0.6 is 11.3 Å². The van der Waals surface area contributed by atoms with E-state index in [0.717, 1.165) is 24.8 Å². The Hall–Kier alpha value is -1.01. The van der Waals surface area contributed by atoms with Crippen LogP contribution in [0.5, 0.6) is 0 Å². The van der Waals surface area contributed by atoms with E-state index in [4.69, 9.17) is 5.11 Å². The zero-order valence-electron chi connectivity index (χ0n) is 9.13. The number of hydrogen-bond donors (Lipinski definition) is 2. The average molecular weight is 261 g/mol. The number of rotatable bonds is 4. The molecule has 1 aromatic heterocycles. The van der Waals surface area contributed by atoms with Crippen molar-refractivity contribution in [2.75, 3.05) is 13.2 Å². The van der Waals surface area contributed by atoms with E-state index in [0.29, 0.717) is 4.88 Å². The van der Waals surface area contributed by atoms with Crippen molar-refractivity contribution >= 4 is 17.2 Å². The maximum Gasteiger partial charge on any atom is 0.287 e. The van der Waals surface area contributed by atoms with Gasteiger partial charge in [-0.1, -0.05) is 0 Å². The first kappa shape index (κ1) is 12.4. The molecule has 6 heteroatoms. The molecular formula is C11H13F2NO2S. The molecule has 0 fully saturated rings. The van der Waals surface area contributed by atoms with E-state index in [1.807, 2.05) is 0 Å². The smallest absolute Gasteiger partial charge is 0.287 e. The van der Waals surface area contributed by atoms with Crippen molar-refractivity contribution in [2.45, 2.75) is 25.2 Å². The Kier molecular flexibility index (Phi) is 3.44. The number of fused-ring (bicyclic) bond motifs is 1. The number of carbonyl (C=O) groups excluding carboxylic acids is 1. The first-order valence-electron chi connectivity index (χ1n) is 5.40. The normalized spacial score (nSPS) is 14.8. The minimum Gasteiger partial charge on any atom is -0.390 e. The Morgan fingerprint density at radius 2 is 2.29 bits per heavy atom. The van der Waals surface area contributed by atoms with E-state index in [-0.39, 0.29) is 0 Å². The number of aliphatic hydroxyl groups excluding tert-OH is 1. The van der Waals surface area contributed by atoms with Crippen molar-refractivity contribution in [3.8, 4) is 0 Å². The van der Waals surface area contributed by atoms with E-state index in [1.165, 1.54) is 16.2 Å². The van der Waals surface area contributed by atoms with Gasteiger partial charge in [0.25, 0.3) is 11.8 Å². The zero-order valence-corrected chi connectivity index (χ0v) is 9.95. The quantitative estimate of drug-likeness (QED) is 0.864. The number of aliphatic hydroxyl groups is 1. The third kappa shape index (κ3) is 2.81. The van der Waals surface area contributed by atoms with Gasteiger partial charge in [0.2, 0.25) is 0 Å². The molecule has 1 aliphatic rings. The van der Waals surface area contributed by atoms with E-state index >= 15 is 0 Å². The van der Waals surface area contributed by atoms with Crippen LogP contribution in [0.1, 0.15) is 26.5 Å². The predicted molar refractivity (Wildman–Crippen MR) is 60.7 cm³/mol. The van der Waals surface area contributed by atoms with Gasteiger partial charge in [-0.2, -0.15) is 0 Å². The van der Waals surface area contributed by atoms with Crippen LogP contribution in [0.4, 0.5) is 8.78 Å². The maximum absolute atomic E-state index is 12.7. The van der Waals surface area contributed by atoms with Crippen LogP contribution in [0, 0.1) is 0 Å². The fourth-order valence-corrected chi connectivity index (χ4v) is 2.96. The second kappa shape index (κ2) is 4.70. The van der Waals surface area contributed by atoms with E-state index in [1.54, 1.807) is 6.07 Å². The molecule has 0 atom stereocenters. The highest BCUT2D eigenvalue weighted by Gasteiger charge is 2.29. The van der Waals surface area contributed by atoms with Crippen LogP contribution in [0.3, 0.4) is 0 Å².